The molecule has 0 aliphatic rings. The first-order valence-corrected chi connectivity index (χ1v) is 7.63. The van der Waals surface area contributed by atoms with Crippen molar-refractivity contribution in [1.82, 2.24) is 0 Å². The minimum absolute atomic E-state index is 0.0957. The molecule has 2 rings (SSSR count). The van der Waals surface area contributed by atoms with Crippen LogP contribution in [0.1, 0.15) is 25.5 Å². The molecule has 6 nitrogen and oxygen atoms in total. The Morgan fingerprint density at radius 3 is 2.52 bits per heavy atom. The van der Waals surface area contributed by atoms with Crippen LogP contribution in [0.15, 0.2) is 42.5 Å². The van der Waals surface area contributed by atoms with E-state index in [0.717, 1.165) is 12.1 Å². The van der Waals surface area contributed by atoms with Gasteiger partial charge in [-0.2, -0.15) is 0 Å². The molecule has 8 heteroatoms. The van der Waals surface area contributed by atoms with Gasteiger partial charge in [-0.05, 0) is 32.0 Å². The molecule has 0 fully saturated rings. The Bertz CT molecular complexity index is 798. The minimum Gasteiger partial charge on any atom is -0.330 e. The maximum Gasteiger partial charge on any atom is 0.292 e. The molecule has 0 bridgehead atoms. The van der Waals surface area contributed by atoms with E-state index in [0.29, 0.717) is 0 Å². The second kappa shape index (κ2) is 7.80. The number of benzene rings is 2. The highest BCUT2D eigenvalue weighted by Crippen LogP contribution is 2.23. The third-order valence-corrected chi connectivity index (χ3v) is 3.80. The fourth-order valence-electron chi connectivity index (χ4n) is 2.48. The number of carbonyl (C=O) groups excluding carboxylic acids is 1. The van der Waals surface area contributed by atoms with Crippen LogP contribution in [0.3, 0.4) is 0 Å². The van der Waals surface area contributed by atoms with Crippen LogP contribution in [-0.4, -0.2) is 16.9 Å². The summed E-state index contributed by atoms with van der Waals surface area (Å²) in [6.45, 7) is 3.28. The first kappa shape index (κ1) is 18.5. The average molecular weight is 350 g/mol. The molecule has 0 heterocycles. The number of nitrogens with two attached hydrogens (primary N) is 1. The van der Waals surface area contributed by atoms with E-state index in [1.54, 1.807) is 25.2 Å². The van der Waals surface area contributed by atoms with Crippen LogP contribution in [0.4, 0.5) is 20.2 Å². The number of amides is 1. The lowest BCUT2D eigenvalue weighted by molar-refractivity contribution is -0.710. The van der Waals surface area contributed by atoms with Gasteiger partial charge in [-0.15, -0.1) is 0 Å². The van der Waals surface area contributed by atoms with Crippen molar-refractivity contribution < 1.29 is 23.8 Å². The van der Waals surface area contributed by atoms with E-state index in [9.17, 15) is 23.7 Å². The van der Waals surface area contributed by atoms with Crippen LogP contribution in [0.25, 0.3) is 0 Å². The summed E-state index contributed by atoms with van der Waals surface area (Å²) in [5.74, 6) is -1.81. The zero-order valence-electron chi connectivity index (χ0n) is 13.7. The number of para-hydroxylation sites is 2. The third kappa shape index (κ3) is 4.57. The van der Waals surface area contributed by atoms with Crippen molar-refractivity contribution in [1.29, 1.82) is 0 Å². The number of halogens is 2. The van der Waals surface area contributed by atoms with Gasteiger partial charge < -0.3 is 10.6 Å². The van der Waals surface area contributed by atoms with E-state index < -0.39 is 34.5 Å². The van der Waals surface area contributed by atoms with Gasteiger partial charge in [0, 0.05) is 17.7 Å². The molecule has 0 aliphatic heterocycles. The van der Waals surface area contributed by atoms with Crippen molar-refractivity contribution in [2.45, 2.75) is 25.9 Å². The van der Waals surface area contributed by atoms with Crippen LogP contribution in [0.5, 0.6) is 0 Å². The highest BCUT2D eigenvalue weighted by atomic mass is 19.1. The summed E-state index contributed by atoms with van der Waals surface area (Å²) in [4.78, 5) is 22.7. The molecular weight excluding hydrogens is 332 g/mol. The molecule has 2 aromatic rings. The molecule has 0 unspecified atom stereocenters. The van der Waals surface area contributed by atoms with Gasteiger partial charge in [0.25, 0.3) is 11.6 Å². The lowest BCUT2D eigenvalue weighted by atomic mass is 10.1. The SMILES string of the molecule is C[C@H]([NH2+][C@H](C)C(=O)Nc1ccccc1[N+](=O)[O-])c1ccc(F)cc1F. The number of nitrogens with zero attached hydrogens (tertiary/aromatic N) is 1. The second-order valence-corrected chi connectivity index (χ2v) is 5.70. The number of hydrogen-bond donors (Lipinski definition) is 2. The molecule has 2 atom stereocenters. The fourth-order valence-corrected chi connectivity index (χ4v) is 2.48. The van der Waals surface area contributed by atoms with Gasteiger partial charge in [-0.25, -0.2) is 8.78 Å². The molecule has 0 spiro atoms. The summed E-state index contributed by atoms with van der Waals surface area (Å²) >= 11 is 0. The van der Waals surface area contributed by atoms with Gasteiger partial charge >= 0.3 is 0 Å². The summed E-state index contributed by atoms with van der Waals surface area (Å²) in [5, 5.41) is 15.1. The normalized spacial score (nSPS) is 13.1. The molecule has 0 aliphatic carbocycles. The summed E-state index contributed by atoms with van der Waals surface area (Å²) in [5.41, 5.74) is 0.158. The van der Waals surface area contributed by atoms with Gasteiger partial charge in [0.05, 0.1) is 4.92 Å². The molecule has 0 radical (unpaired) electrons. The predicted octanol–water partition coefficient (Wildman–Crippen LogP) is 2.52. The Morgan fingerprint density at radius 2 is 1.88 bits per heavy atom. The lowest BCUT2D eigenvalue weighted by Crippen LogP contribution is -2.91. The summed E-state index contributed by atoms with van der Waals surface area (Å²) in [6, 6.07) is 8.01. The average Bonchev–Trinajstić information content (AvgIpc) is 2.54. The number of hydrogen-bond acceptors (Lipinski definition) is 3. The largest absolute Gasteiger partial charge is 0.330 e. The highest BCUT2D eigenvalue weighted by molar-refractivity contribution is 5.95. The number of rotatable bonds is 6. The van der Waals surface area contributed by atoms with Crippen molar-refractivity contribution in [2.75, 3.05) is 5.32 Å². The molecular formula is C17H18F2N3O3+. The Morgan fingerprint density at radius 1 is 1.20 bits per heavy atom. The molecule has 0 saturated carbocycles. The third-order valence-electron chi connectivity index (χ3n) is 3.80. The van der Waals surface area contributed by atoms with Gasteiger partial charge in [0.15, 0.2) is 6.04 Å². The Balaban J connectivity index is 2.06. The molecule has 0 saturated heterocycles. The fraction of sp³-hybridized carbons (Fsp3) is 0.235. The Labute approximate surface area is 143 Å². The van der Waals surface area contributed by atoms with E-state index in [-0.39, 0.29) is 16.9 Å². The molecule has 1 amide bonds. The van der Waals surface area contributed by atoms with Crippen LogP contribution < -0.4 is 10.6 Å². The van der Waals surface area contributed by atoms with E-state index in [2.05, 4.69) is 5.32 Å². The van der Waals surface area contributed by atoms with Gasteiger partial charge in [-0.3, -0.25) is 14.9 Å². The lowest BCUT2D eigenvalue weighted by Gasteiger charge is -2.17. The maximum absolute atomic E-state index is 13.8. The quantitative estimate of drug-likeness (QED) is 0.620. The van der Waals surface area contributed by atoms with Crippen molar-refractivity contribution in [3.8, 4) is 0 Å². The van der Waals surface area contributed by atoms with Crippen molar-refractivity contribution in [3.63, 3.8) is 0 Å². The smallest absolute Gasteiger partial charge is 0.292 e. The molecule has 132 valence electrons. The number of anilines is 1. The van der Waals surface area contributed by atoms with Crippen molar-refractivity contribution in [3.05, 3.63) is 69.8 Å². The molecule has 25 heavy (non-hydrogen) atoms. The zero-order valence-corrected chi connectivity index (χ0v) is 13.7. The molecule has 2 aromatic carbocycles. The molecule has 3 N–H and O–H groups in total. The number of nitro groups is 1. The first-order valence-electron chi connectivity index (χ1n) is 7.63. The second-order valence-electron chi connectivity index (χ2n) is 5.70. The summed E-state index contributed by atoms with van der Waals surface area (Å²) in [6.07, 6.45) is 0. The molecule has 0 aromatic heterocycles. The monoisotopic (exact) mass is 350 g/mol. The summed E-state index contributed by atoms with van der Waals surface area (Å²) in [7, 11) is 0. The zero-order chi connectivity index (χ0) is 18.6. The van der Waals surface area contributed by atoms with Crippen LogP contribution in [0, 0.1) is 21.7 Å². The Hall–Kier alpha value is -2.87. The topological polar surface area (TPSA) is 88.8 Å². The van der Waals surface area contributed by atoms with E-state index in [1.165, 1.54) is 24.3 Å². The van der Waals surface area contributed by atoms with Crippen molar-refractivity contribution in [2.24, 2.45) is 0 Å². The van der Waals surface area contributed by atoms with E-state index in [4.69, 9.17) is 0 Å². The first-order chi connectivity index (χ1) is 11.8. The van der Waals surface area contributed by atoms with Crippen LogP contribution in [0.2, 0.25) is 0 Å². The summed E-state index contributed by atoms with van der Waals surface area (Å²) < 4.78 is 26.8. The van der Waals surface area contributed by atoms with Crippen molar-refractivity contribution >= 4 is 17.3 Å². The number of quaternary nitrogens is 1. The van der Waals surface area contributed by atoms with Gasteiger partial charge in [0.2, 0.25) is 0 Å². The number of nitro benzene ring substituents is 1. The van der Waals surface area contributed by atoms with E-state index >= 15 is 0 Å². The Kier molecular flexibility index (Phi) is 5.76. The number of nitrogens with one attached hydrogen (secondary N) is 1. The predicted molar refractivity (Wildman–Crippen MR) is 87.9 cm³/mol. The maximum atomic E-state index is 13.8. The van der Waals surface area contributed by atoms with Gasteiger partial charge in [-0.1, -0.05) is 12.1 Å². The van der Waals surface area contributed by atoms with Crippen LogP contribution in [-0.2, 0) is 4.79 Å². The minimum atomic E-state index is -0.685. The van der Waals surface area contributed by atoms with Gasteiger partial charge in [0.1, 0.15) is 23.4 Å². The highest BCUT2D eigenvalue weighted by Gasteiger charge is 2.24. The number of carbonyl (C=O) groups is 1. The van der Waals surface area contributed by atoms with Crippen LogP contribution >= 0.6 is 0 Å². The standard InChI is InChI=1S/C17H17F2N3O3/c1-10(13-8-7-12(18)9-14(13)19)20-11(2)17(23)21-15-5-3-4-6-16(15)22(24)25/h3-11,20H,1-2H3,(H,21,23)/p+1/t10-,11+/m0/s1. The van der Waals surface area contributed by atoms with E-state index in [1.807, 2.05) is 0 Å².